The summed E-state index contributed by atoms with van der Waals surface area (Å²) in [4.78, 5) is 13.8. The number of carbonyl (C=O) groups excluding carboxylic acids is 1. The molecule has 26 heavy (non-hydrogen) atoms. The molecule has 0 N–H and O–H groups in total. The molecule has 0 aliphatic carbocycles. The number of hydrogen-bond donors (Lipinski definition) is 0. The summed E-state index contributed by atoms with van der Waals surface area (Å²) in [6, 6.07) is 7.54. The molecule has 1 aliphatic rings. The zero-order valence-electron chi connectivity index (χ0n) is 15.2. The Balaban J connectivity index is 1.90. The molecule has 1 amide bonds. The van der Waals surface area contributed by atoms with E-state index in [-0.39, 0.29) is 17.3 Å². The van der Waals surface area contributed by atoms with Crippen LogP contribution in [0.15, 0.2) is 29.4 Å². The second-order valence-corrected chi connectivity index (χ2v) is 8.30. The van der Waals surface area contributed by atoms with Crippen molar-refractivity contribution >= 4 is 29.3 Å². The van der Waals surface area contributed by atoms with E-state index < -0.39 is 0 Å². The van der Waals surface area contributed by atoms with Crippen LogP contribution in [0, 0.1) is 0 Å². The highest BCUT2D eigenvalue weighted by Crippen LogP contribution is 2.29. The van der Waals surface area contributed by atoms with E-state index in [0.717, 1.165) is 36.0 Å². The second kappa shape index (κ2) is 8.41. The lowest BCUT2D eigenvalue weighted by Gasteiger charge is -2.18. The molecule has 0 radical (unpaired) electrons. The lowest BCUT2D eigenvalue weighted by Crippen LogP contribution is -2.30. The molecule has 8 heteroatoms. The number of hydrogen-bond acceptors (Lipinski definition) is 5. The second-order valence-electron chi connectivity index (χ2n) is 6.55. The number of ether oxygens (including phenoxy) is 1. The fourth-order valence-electron chi connectivity index (χ4n) is 2.92. The van der Waals surface area contributed by atoms with Crippen molar-refractivity contribution in [3.05, 3.63) is 29.3 Å². The fourth-order valence-corrected chi connectivity index (χ4v) is 4.05. The first-order chi connectivity index (χ1) is 12.5. The van der Waals surface area contributed by atoms with Crippen LogP contribution in [-0.4, -0.2) is 57.6 Å². The molecule has 0 bridgehead atoms. The van der Waals surface area contributed by atoms with Crippen LogP contribution in [0.2, 0.25) is 5.02 Å². The van der Waals surface area contributed by atoms with Gasteiger partial charge >= 0.3 is 0 Å². The Morgan fingerprint density at radius 1 is 1.38 bits per heavy atom. The summed E-state index contributed by atoms with van der Waals surface area (Å²) in [6.45, 7) is 3.36. The van der Waals surface area contributed by atoms with E-state index in [2.05, 4.69) is 14.8 Å². The number of rotatable bonds is 6. The van der Waals surface area contributed by atoms with E-state index in [9.17, 15) is 4.79 Å². The third-order valence-corrected chi connectivity index (χ3v) is 5.62. The Morgan fingerprint density at radius 2 is 2.12 bits per heavy atom. The normalized spacial score (nSPS) is 18.1. The molecule has 0 unspecified atom stereocenters. The summed E-state index contributed by atoms with van der Waals surface area (Å²) in [5, 5.41) is 9.91. The van der Waals surface area contributed by atoms with Gasteiger partial charge in [-0.2, -0.15) is 0 Å². The zero-order valence-corrected chi connectivity index (χ0v) is 16.8. The van der Waals surface area contributed by atoms with Gasteiger partial charge in [0.15, 0.2) is 11.0 Å². The van der Waals surface area contributed by atoms with E-state index in [0.29, 0.717) is 11.6 Å². The third-order valence-electron chi connectivity index (χ3n) is 4.30. The molecule has 0 saturated carbocycles. The average Bonchev–Trinajstić information content (AvgIpc) is 3.26. The molecule has 140 valence electrons. The Labute approximate surface area is 162 Å². The van der Waals surface area contributed by atoms with Crippen LogP contribution >= 0.6 is 23.4 Å². The van der Waals surface area contributed by atoms with E-state index in [1.54, 1.807) is 19.0 Å². The Kier molecular flexibility index (Phi) is 6.21. The maximum Gasteiger partial charge on any atom is 0.235 e. The third kappa shape index (κ3) is 4.39. The van der Waals surface area contributed by atoms with Gasteiger partial charge in [0.2, 0.25) is 5.91 Å². The van der Waals surface area contributed by atoms with Crippen LogP contribution in [0.5, 0.6) is 0 Å². The van der Waals surface area contributed by atoms with Crippen LogP contribution in [0.1, 0.15) is 19.8 Å². The molecule has 6 nitrogen and oxygen atoms in total. The van der Waals surface area contributed by atoms with Gasteiger partial charge in [-0.05, 0) is 44.0 Å². The number of benzene rings is 1. The van der Waals surface area contributed by atoms with Gasteiger partial charge in [-0.25, -0.2) is 0 Å². The molecule has 2 aromatic rings. The van der Waals surface area contributed by atoms with E-state index >= 15 is 0 Å². The lowest BCUT2D eigenvalue weighted by molar-refractivity contribution is -0.127. The van der Waals surface area contributed by atoms with Crippen molar-refractivity contribution in [1.29, 1.82) is 0 Å². The van der Waals surface area contributed by atoms with E-state index in [4.69, 9.17) is 16.3 Å². The maximum atomic E-state index is 12.2. The largest absolute Gasteiger partial charge is 0.376 e. The molecule has 1 aliphatic heterocycles. The molecular formula is C18H23ClN4O2S. The van der Waals surface area contributed by atoms with Crippen LogP contribution in [-0.2, 0) is 16.1 Å². The predicted octanol–water partition coefficient (Wildman–Crippen LogP) is 3.35. The quantitative estimate of drug-likeness (QED) is 0.703. The van der Waals surface area contributed by atoms with Crippen molar-refractivity contribution in [1.82, 2.24) is 19.7 Å². The molecular weight excluding hydrogens is 372 g/mol. The van der Waals surface area contributed by atoms with E-state index in [1.165, 1.54) is 11.8 Å². The highest BCUT2D eigenvalue weighted by Gasteiger charge is 2.25. The van der Waals surface area contributed by atoms with E-state index in [1.807, 2.05) is 31.2 Å². The molecule has 1 saturated heterocycles. The van der Waals surface area contributed by atoms with Gasteiger partial charge < -0.3 is 9.64 Å². The first-order valence-electron chi connectivity index (χ1n) is 8.64. The highest BCUT2D eigenvalue weighted by atomic mass is 35.5. The standard InChI is InChI=1S/C18H23ClN4O2S/c1-12(17(24)22(2)3)26-18-21-20-16(13-6-8-14(19)9-7-13)23(18)11-15-5-4-10-25-15/h6-9,12,15H,4-5,10-11H2,1-3H3/t12-,15-/m0/s1. The minimum atomic E-state index is -0.240. The Bertz CT molecular complexity index is 757. The van der Waals surface area contributed by atoms with Crippen LogP contribution in [0.4, 0.5) is 0 Å². The van der Waals surface area contributed by atoms with Crippen molar-refractivity contribution in [3.63, 3.8) is 0 Å². The smallest absolute Gasteiger partial charge is 0.235 e. The van der Waals surface area contributed by atoms with Gasteiger partial charge in [0.25, 0.3) is 0 Å². The van der Waals surface area contributed by atoms with Gasteiger partial charge in [-0.3, -0.25) is 9.36 Å². The minimum absolute atomic E-state index is 0.0507. The summed E-state index contributed by atoms with van der Waals surface area (Å²) in [6.07, 6.45) is 2.24. The summed E-state index contributed by atoms with van der Waals surface area (Å²) < 4.78 is 7.86. The minimum Gasteiger partial charge on any atom is -0.376 e. The molecule has 1 aromatic carbocycles. The van der Waals surface area contributed by atoms with Gasteiger partial charge in [0.05, 0.1) is 17.9 Å². The topological polar surface area (TPSA) is 60.2 Å². The summed E-state index contributed by atoms with van der Waals surface area (Å²) in [5.74, 6) is 0.818. The van der Waals surface area contributed by atoms with Crippen LogP contribution in [0.3, 0.4) is 0 Å². The van der Waals surface area contributed by atoms with Crippen molar-refractivity contribution < 1.29 is 9.53 Å². The van der Waals surface area contributed by atoms with Crippen molar-refractivity contribution in [3.8, 4) is 11.4 Å². The average molecular weight is 395 g/mol. The number of halogens is 1. The van der Waals surface area contributed by atoms with Crippen molar-refractivity contribution in [2.24, 2.45) is 0 Å². The van der Waals surface area contributed by atoms with Gasteiger partial charge in [0.1, 0.15) is 0 Å². The number of aromatic nitrogens is 3. The van der Waals surface area contributed by atoms with Gasteiger partial charge in [0, 0.05) is 31.3 Å². The SMILES string of the molecule is C[C@H](Sc1nnc(-c2ccc(Cl)cc2)n1C[C@@H]1CCCO1)C(=O)N(C)C. The number of amides is 1. The molecule has 0 spiro atoms. The summed E-state index contributed by atoms with van der Waals surface area (Å²) >= 11 is 7.43. The van der Waals surface area contributed by atoms with Crippen molar-refractivity contribution in [2.45, 2.75) is 42.8 Å². The highest BCUT2D eigenvalue weighted by molar-refractivity contribution is 8.00. The summed E-state index contributed by atoms with van der Waals surface area (Å²) in [7, 11) is 3.52. The summed E-state index contributed by atoms with van der Waals surface area (Å²) in [5.41, 5.74) is 0.943. The number of thioether (sulfide) groups is 1. The molecule has 2 heterocycles. The number of carbonyl (C=O) groups is 1. The molecule has 3 rings (SSSR count). The number of nitrogens with zero attached hydrogens (tertiary/aromatic N) is 4. The van der Waals surface area contributed by atoms with Gasteiger partial charge in [-0.15, -0.1) is 10.2 Å². The van der Waals surface area contributed by atoms with Gasteiger partial charge in [-0.1, -0.05) is 23.4 Å². The van der Waals surface area contributed by atoms with Crippen molar-refractivity contribution in [2.75, 3.05) is 20.7 Å². The fraction of sp³-hybridized carbons (Fsp3) is 0.500. The predicted molar refractivity (Wildman–Crippen MR) is 103 cm³/mol. The van der Waals surface area contributed by atoms with Crippen LogP contribution in [0.25, 0.3) is 11.4 Å². The first kappa shape index (κ1) is 19.2. The maximum absolute atomic E-state index is 12.2. The Hall–Kier alpha value is -1.57. The Morgan fingerprint density at radius 3 is 2.73 bits per heavy atom. The molecule has 2 atom stereocenters. The monoisotopic (exact) mass is 394 g/mol. The molecule has 1 fully saturated rings. The first-order valence-corrected chi connectivity index (χ1v) is 9.90. The molecule has 1 aromatic heterocycles. The zero-order chi connectivity index (χ0) is 18.7. The lowest BCUT2D eigenvalue weighted by atomic mass is 10.2. The van der Waals surface area contributed by atoms with Crippen LogP contribution < -0.4 is 0 Å².